The second-order valence-corrected chi connectivity index (χ2v) is 19.9. The molecule has 1 N–H and O–H groups in total. The number of nitrogens with zero attached hydrogens (tertiary/aromatic N) is 1. The van der Waals surface area contributed by atoms with Gasteiger partial charge in [0.05, 0.1) is 0 Å². The van der Waals surface area contributed by atoms with Crippen LogP contribution in [0.2, 0.25) is 0 Å². The summed E-state index contributed by atoms with van der Waals surface area (Å²) in [5.41, 5.74) is 2.86. The molecule has 1 aliphatic heterocycles. The molecule has 4 saturated carbocycles. The Balaban J connectivity index is 1.13. The maximum Gasteiger partial charge on any atom is 0.410 e. The minimum Gasteiger partial charge on any atom is -0.446 e. The number of Topliss-reactive ketones (excluding diaryl/α,β-unsaturated/α-hetero) is 1. The van der Waals surface area contributed by atoms with Crippen LogP contribution in [0.15, 0.2) is 11.1 Å². The van der Waals surface area contributed by atoms with Crippen molar-refractivity contribution in [3.05, 3.63) is 11.1 Å². The Kier molecular flexibility index (Phi) is 8.76. The van der Waals surface area contributed by atoms with Gasteiger partial charge in [-0.15, -0.1) is 0 Å². The fourth-order valence-corrected chi connectivity index (χ4v) is 13.0. The zero-order valence-corrected chi connectivity index (χ0v) is 32.1. The summed E-state index contributed by atoms with van der Waals surface area (Å²) in [5.74, 6) is 2.39. The molecule has 6 rings (SSSR count). The molecule has 1 unspecified atom stereocenters. The van der Waals surface area contributed by atoms with Gasteiger partial charge in [0.1, 0.15) is 11.7 Å². The third kappa shape index (κ3) is 5.54. The van der Waals surface area contributed by atoms with Gasteiger partial charge in [-0.1, -0.05) is 61.0 Å². The Labute approximate surface area is 291 Å². The number of carbonyl (C=O) groups excluding carboxylic acids is 3. The van der Waals surface area contributed by atoms with Gasteiger partial charge in [0.15, 0.2) is 5.78 Å². The second-order valence-electron chi connectivity index (χ2n) is 19.9. The summed E-state index contributed by atoms with van der Waals surface area (Å²) in [6.07, 6.45) is 10.5. The number of ketones is 1. The predicted molar refractivity (Wildman–Crippen MR) is 189 cm³/mol. The van der Waals surface area contributed by atoms with Crippen LogP contribution in [0.25, 0.3) is 0 Å². The summed E-state index contributed by atoms with van der Waals surface area (Å²) in [6, 6.07) is 0.0693. The van der Waals surface area contributed by atoms with Crippen molar-refractivity contribution in [2.75, 3.05) is 13.1 Å². The Morgan fingerprint density at radius 2 is 1.50 bits per heavy atom. The summed E-state index contributed by atoms with van der Waals surface area (Å²) in [5, 5.41) is 3.35. The van der Waals surface area contributed by atoms with Crippen LogP contribution in [0.1, 0.15) is 147 Å². The van der Waals surface area contributed by atoms with Gasteiger partial charge in [0, 0.05) is 38.4 Å². The maximum atomic E-state index is 13.4. The predicted octanol–water partition coefficient (Wildman–Crippen LogP) is 9.48. The lowest BCUT2D eigenvalue weighted by molar-refractivity contribution is -0.215. The third-order valence-corrected chi connectivity index (χ3v) is 15.5. The van der Waals surface area contributed by atoms with Crippen molar-refractivity contribution in [1.29, 1.82) is 0 Å². The average molecular weight is 667 g/mol. The molecule has 2 amide bonds. The minimum atomic E-state index is -0.522. The number of carbonyl (C=O) groups is 3. The maximum absolute atomic E-state index is 13.4. The van der Waals surface area contributed by atoms with Gasteiger partial charge in [0.2, 0.25) is 0 Å². The van der Waals surface area contributed by atoms with E-state index in [1.54, 1.807) is 10.5 Å². The van der Waals surface area contributed by atoms with Gasteiger partial charge in [0.25, 0.3) is 0 Å². The van der Waals surface area contributed by atoms with E-state index in [1.165, 1.54) is 37.7 Å². The van der Waals surface area contributed by atoms with Crippen molar-refractivity contribution in [2.45, 2.75) is 165 Å². The summed E-state index contributed by atoms with van der Waals surface area (Å²) in [6.45, 7) is 26.2. The highest BCUT2D eigenvalue weighted by molar-refractivity contribution is 6.00. The molecule has 0 aromatic heterocycles. The van der Waals surface area contributed by atoms with Gasteiger partial charge in [-0.3, -0.25) is 4.79 Å². The lowest BCUT2D eigenvalue weighted by atomic mass is 9.33. The summed E-state index contributed by atoms with van der Waals surface area (Å²) < 4.78 is 11.5. The quantitative estimate of drug-likeness (QED) is 0.324. The van der Waals surface area contributed by atoms with E-state index in [1.807, 2.05) is 20.8 Å². The summed E-state index contributed by atoms with van der Waals surface area (Å²) >= 11 is 0. The van der Waals surface area contributed by atoms with E-state index in [9.17, 15) is 14.4 Å². The summed E-state index contributed by atoms with van der Waals surface area (Å²) in [7, 11) is 0. The molecule has 0 aromatic rings. The first-order valence-corrected chi connectivity index (χ1v) is 19.4. The monoisotopic (exact) mass is 666 g/mol. The molecule has 0 aromatic carbocycles. The molecule has 7 nitrogen and oxygen atoms in total. The SMILES string of the molecule is CC(C)C1=C2[C@H]3CC[C@@H]4[C@@]5(C)CCC(NC(=O)OC6CCN(C(=O)OC(C)(C)C)CC6)C(C)(C)[C@@H]5CC[C@@]4(C)[C@]3(C)CC[C@@]2(C)CC1=O. The van der Waals surface area contributed by atoms with Crippen LogP contribution in [0.4, 0.5) is 9.59 Å². The molecule has 6 aliphatic rings. The van der Waals surface area contributed by atoms with Crippen molar-refractivity contribution in [2.24, 2.45) is 50.7 Å². The Morgan fingerprint density at radius 3 is 2.12 bits per heavy atom. The highest BCUT2D eigenvalue weighted by Gasteiger charge is 2.69. The fourth-order valence-electron chi connectivity index (χ4n) is 13.0. The molecular formula is C41H66N2O5. The summed E-state index contributed by atoms with van der Waals surface area (Å²) in [4.78, 5) is 41.0. The largest absolute Gasteiger partial charge is 0.446 e. The van der Waals surface area contributed by atoms with E-state index in [0.29, 0.717) is 55.4 Å². The van der Waals surface area contributed by atoms with Crippen molar-refractivity contribution in [3.8, 4) is 0 Å². The van der Waals surface area contributed by atoms with E-state index in [-0.39, 0.29) is 51.4 Å². The normalized spacial score (nSPS) is 41.2. The van der Waals surface area contributed by atoms with Crippen molar-refractivity contribution in [1.82, 2.24) is 10.2 Å². The molecule has 270 valence electrons. The number of hydrogen-bond acceptors (Lipinski definition) is 5. The average Bonchev–Trinajstić information content (AvgIpc) is 3.24. The number of amides is 2. The van der Waals surface area contributed by atoms with Crippen LogP contribution in [0, 0.1) is 50.7 Å². The highest BCUT2D eigenvalue weighted by atomic mass is 16.6. The molecule has 0 radical (unpaired) electrons. The Bertz CT molecular complexity index is 1350. The first-order valence-electron chi connectivity index (χ1n) is 19.4. The van der Waals surface area contributed by atoms with Gasteiger partial charge < -0.3 is 19.7 Å². The smallest absolute Gasteiger partial charge is 0.410 e. The molecular weight excluding hydrogens is 600 g/mol. The number of alkyl carbamates (subject to hydrolysis) is 1. The van der Waals surface area contributed by atoms with Crippen molar-refractivity contribution < 1.29 is 23.9 Å². The van der Waals surface area contributed by atoms with Crippen molar-refractivity contribution in [3.63, 3.8) is 0 Å². The highest BCUT2D eigenvalue weighted by Crippen LogP contribution is 2.76. The number of rotatable bonds is 3. The molecule has 0 spiro atoms. The lowest BCUT2D eigenvalue weighted by Gasteiger charge is -2.72. The number of allylic oxidation sites excluding steroid dienone is 2. The van der Waals surface area contributed by atoms with Gasteiger partial charge in [-0.05, 0) is 128 Å². The lowest BCUT2D eigenvalue weighted by Crippen LogP contribution is -2.66. The topological polar surface area (TPSA) is 84.9 Å². The van der Waals surface area contributed by atoms with Crippen LogP contribution < -0.4 is 5.32 Å². The number of piperidine rings is 1. The van der Waals surface area contributed by atoms with E-state index in [0.717, 1.165) is 25.7 Å². The number of fused-ring (bicyclic) bond motifs is 7. The van der Waals surface area contributed by atoms with Crippen LogP contribution in [-0.4, -0.2) is 53.7 Å². The standard InChI is InChI=1S/C41H66N2O5/c1-25(2)32-28(44)24-38(8)20-21-40(10)27(33(32)38)12-13-30-39(9)18-15-31(37(6,7)29(39)14-19-41(30,40)11)42-34(45)47-26-16-22-43(23-17-26)35(46)48-36(3,4)5/h25-27,29-31H,12-24H2,1-11H3,(H,42,45)/t27-,29+,30-,31?,38+,39+,40-,41-/m1/s1. The van der Waals surface area contributed by atoms with Crippen molar-refractivity contribution >= 4 is 18.0 Å². The fraction of sp³-hybridized carbons (Fsp3) is 0.878. The molecule has 1 saturated heterocycles. The van der Waals surface area contributed by atoms with E-state index in [2.05, 4.69) is 60.7 Å². The van der Waals surface area contributed by atoms with Gasteiger partial charge in [-0.2, -0.15) is 0 Å². The first-order chi connectivity index (χ1) is 22.2. The van der Waals surface area contributed by atoms with Gasteiger partial charge >= 0.3 is 12.2 Å². The third-order valence-electron chi connectivity index (χ3n) is 15.5. The second kappa shape index (κ2) is 11.8. The van der Waals surface area contributed by atoms with E-state index < -0.39 is 5.60 Å². The van der Waals surface area contributed by atoms with Gasteiger partial charge in [-0.25, -0.2) is 9.59 Å². The zero-order valence-electron chi connectivity index (χ0n) is 32.1. The molecule has 0 bridgehead atoms. The number of nitrogens with one attached hydrogen (secondary N) is 1. The molecule has 7 heteroatoms. The number of hydrogen-bond donors (Lipinski definition) is 1. The van der Waals surface area contributed by atoms with Crippen LogP contribution in [0.3, 0.4) is 0 Å². The molecule has 8 atom stereocenters. The van der Waals surface area contributed by atoms with Crippen LogP contribution in [-0.2, 0) is 14.3 Å². The minimum absolute atomic E-state index is 0.0540. The number of ether oxygens (including phenoxy) is 2. The molecule has 5 fully saturated rings. The van der Waals surface area contributed by atoms with Crippen LogP contribution >= 0.6 is 0 Å². The van der Waals surface area contributed by atoms with E-state index >= 15 is 0 Å². The Hall–Kier alpha value is -2.05. The van der Waals surface area contributed by atoms with Crippen LogP contribution in [0.5, 0.6) is 0 Å². The first kappa shape index (κ1) is 35.8. The zero-order chi connectivity index (χ0) is 35.2. The molecule has 5 aliphatic carbocycles. The molecule has 1 heterocycles. The molecule has 48 heavy (non-hydrogen) atoms. The Morgan fingerprint density at radius 1 is 0.833 bits per heavy atom. The number of likely N-dealkylation sites (tertiary alicyclic amines) is 1. The van der Waals surface area contributed by atoms with E-state index in [4.69, 9.17) is 9.47 Å².